The maximum Gasteiger partial charge on any atom is 0.306 e. The number of rotatable bonds is 4. The van der Waals surface area contributed by atoms with Crippen molar-refractivity contribution >= 4 is 5.97 Å². The Labute approximate surface area is 123 Å². The molecule has 0 bridgehead atoms. The molecule has 3 nitrogen and oxygen atoms in total. The highest BCUT2D eigenvalue weighted by atomic mass is 35.5. The van der Waals surface area contributed by atoms with Crippen molar-refractivity contribution in [3.8, 4) is 0 Å². The molecule has 112 valence electrons. The molecule has 1 heterocycles. The predicted molar refractivity (Wildman–Crippen MR) is 71.6 cm³/mol. The van der Waals surface area contributed by atoms with E-state index < -0.39 is 0 Å². The van der Waals surface area contributed by atoms with Gasteiger partial charge in [-0.15, -0.1) is 0 Å². The van der Waals surface area contributed by atoms with Crippen molar-refractivity contribution in [3.63, 3.8) is 0 Å². The summed E-state index contributed by atoms with van der Waals surface area (Å²) in [5.74, 6) is 0.00581. The Morgan fingerprint density at radius 3 is 2.32 bits per heavy atom. The summed E-state index contributed by atoms with van der Waals surface area (Å²) in [6, 6.07) is 0.839. The first-order valence-electron chi connectivity index (χ1n) is 7.83. The summed E-state index contributed by atoms with van der Waals surface area (Å²) in [5.41, 5.74) is 0. The lowest BCUT2D eigenvalue weighted by molar-refractivity contribution is -0.931. The van der Waals surface area contributed by atoms with Crippen LogP contribution in [0.15, 0.2) is 0 Å². The predicted octanol–water partition coefficient (Wildman–Crippen LogP) is -1.29. The van der Waals surface area contributed by atoms with Gasteiger partial charge in [-0.25, -0.2) is 0 Å². The largest absolute Gasteiger partial charge is 1.00 e. The van der Waals surface area contributed by atoms with Crippen molar-refractivity contribution < 1.29 is 26.8 Å². The Morgan fingerprint density at radius 2 is 1.74 bits per heavy atom. The molecule has 1 saturated carbocycles. The number of ether oxygens (including phenoxy) is 1. The molecule has 0 aromatic rings. The van der Waals surface area contributed by atoms with Crippen molar-refractivity contribution in [3.05, 3.63) is 0 Å². The van der Waals surface area contributed by atoms with Gasteiger partial charge in [0.25, 0.3) is 0 Å². The van der Waals surface area contributed by atoms with Crippen LogP contribution in [-0.2, 0) is 9.53 Å². The van der Waals surface area contributed by atoms with Gasteiger partial charge in [-0.2, -0.15) is 0 Å². The van der Waals surface area contributed by atoms with Crippen LogP contribution in [0.3, 0.4) is 0 Å². The second-order valence-corrected chi connectivity index (χ2v) is 5.93. The summed E-state index contributed by atoms with van der Waals surface area (Å²) >= 11 is 0. The fourth-order valence-corrected chi connectivity index (χ4v) is 3.45. The maximum absolute atomic E-state index is 11.5. The minimum atomic E-state index is 0. The van der Waals surface area contributed by atoms with Crippen molar-refractivity contribution in [1.82, 2.24) is 0 Å². The zero-order chi connectivity index (χ0) is 12.8. The van der Waals surface area contributed by atoms with E-state index in [0.717, 1.165) is 25.3 Å². The van der Waals surface area contributed by atoms with E-state index in [2.05, 4.69) is 0 Å². The Bertz CT molecular complexity index is 259. The van der Waals surface area contributed by atoms with Crippen LogP contribution in [-0.4, -0.2) is 31.2 Å². The number of carbonyl (C=O) groups excluding carboxylic acids is 1. The quantitative estimate of drug-likeness (QED) is 0.653. The Morgan fingerprint density at radius 1 is 1.11 bits per heavy atom. The van der Waals surface area contributed by atoms with Gasteiger partial charge >= 0.3 is 5.97 Å². The molecule has 4 heteroatoms. The molecular formula is C15H28ClNO2. The second kappa shape index (κ2) is 8.80. The normalized spacial score (nSPS) is 28.5. The van der Waals surface area contributed by atoms with E-state index in [1.54, 1.807) is 0 Å². The number of hydrogen-bond donors (Lipinski definition) is 1. The summed E-state index contributed by atoms with van der Waals surface area (Å²) in [6.07, 6.45) is 10.6. The molecule has 0 spiro atoms. The highest BCUT2D eigenvalue weighted by molar-refractivity contribution is 5.69. The van der Waals surface area contributed by atoms with Gasteiger partial charge in [-0.05, 0) is 38.5 Å². The molecule has 1 N–H and O–H groups in total. The van der Waals surface area contributed by atoms with Gasteiger partial charge in [0.1, 0.15) is 6.10 Å². The molecule has 2 rings (SSSR count). The van der Waals surface area contributed by atoms with Crippen LogP contribution >= 0.6 is 0 Å². The van der Waals surface area contributed by atoms with Crippen molar-refractivity contribution in [2.24, 2.45) is 0 Å². The van der Waals surface area contributed by atoms with E-state index in [9.17, 15) is 4.79 Å². The highest BCUT2D eigenvalue weighted by Gasteiger charge is 2.30. The van der Waals surface area contributed by atoms with E-state index in [1.807, 2.05) is 11.8 Å². The summed E-state index contributed by atoms with van der Waals surface area (Å²) in [4.78, 5) is 13.3. The van der Waals surface area contributed by atoms with Gasteiger partial charge in [-0.3, -0.25) is 4.79 Å². The summed E-state index contributed by atoms with van der Waals surface area (Å²) in [7, 11) is 0. The highest BCUT2D eigenvalue weighted by Crippen LogP contribution is 2.21. The number of likely N-dealkylation sites (tertiary alicyclic amines) is 1. The number of quaternary nitrogens is 1. The zero-order valence-corrected chi connectivity index (χ0v) is 12.9. The van der Waals surface area contributed by atoms with Crippen LogP contribution in [0, 0.1) is 0 Å². The molecule has 1 aliphatic heterocycles. The molecule has 0 amide bonds. The molecule has 2 fully saturated rings. The van der Waals surface area contributed by atoms with Crippen LogP contribution < -0.4 is 17.3 Å². The lowest BCUT2D eigenvalue weighted by atomic mass is 9.90. The number of hydrogen-bond acceptors (Lipinski definition) is 2. The number of nitrogens with one attached hydrogen (secondary N) is 1. The van der Waals surface area contributed by atoms with Gasteiger partial charge in [0.15, 0.2) is 0 Å². The minimum Gasteiger partial charge on any atom is -1.00 e. The standard InChI is InChI=1S/C15H27NO2.ClH/c1-2-6-15(17)18-14-9-7-13(8-10-14)16-11-4-3-5-12-16;/h13-14H,2-12H2,1H3;1H. The van der Waals surface area contributed by atoms with E-state index in [0.29, 0.717) is 6.42 Å². The minimum absolute atomic E-state index is 0. The average molecular weight is 290 g/mol. The molecule has 0 aromatic heterocycles. The number of piperidine rings is 1. The van der Waals surface area contributed by atoms with Gasteiger partial charge in [-0.1, -0.05) is 6.92 Å². The first kappa shape index (κ1) is 16.8. The lowest BCUT2D eigenvalue weighted by Gasteiger charge is -2.35. The molecule has 1 saturated heterocycles. The topological polar surface area (TPSA) is 30.7 Å². The molecular weight excluding hydrogens is 262 g/mol. The van der Waals surface area contributed by atoms with Crippen LogP contribution in [0.5, 0.6) is 0 Å². The monoisotopic (exact) mass is 289 g/mol. The number of halogens is 1. The fraction of sp³-hybridized carbons (Fsp3) is 0.933. The van der Waals surface area contributed by atoms with Crippen LogP contribution in [0.25, 0.3) is 0 Å². The summed E-state index contributed by atoms with van der Waals surface area (Å²) in [5, 5.41) is 0. The third-order valence-electron chi connectivity index (χ3n) is 4.50. The molecule has 0 aromatic carbocycles. The van der Waals surface area contributed by atoms with E-state index in [4.69, 9.17) is 4.74 Å². The van der Waals surface area contributed by atoms with E-state index in [1.165, 1.54) is 45.2 Å². The van der Waals surface area contributed by atoms with Crippen LogP contribution in [0.1, 0.15) is 64.7 Å². The Balaban J connectivity index is 0.00000180. The Hall–Kier alpha value is -0.280. The van der Waals surface area contributed by atoms with Crippen LogP contribution in [0.2, 0.25) is 0 Å². The van der Waals surface area contributed by atoms with Gasteiger partial charge in [0, 0.05) is 19.3 Å². The fourth-order valence-electron chi connectivity index (χ4n) is 3.45. The van der Waals surface area contributed by atoms with E-state index >= 15 is 0 Å². The van der Waals surface area contributed by atoms with Crippen molar-refractivity contribution in [1.29, 1.82) is 0 Å². The van der Waals surface area contributed by atoms with Crippen molar-refractivity contribution in [2.45, 2.75) is 76.9 Å². The van der Waals surface area contributed by atoms with Crippen molar-refractivity contribution in [2.75, 3.05) is 13.1 Å². The summed E-state index contributed by atoms with van der Waals surface area (Å²) in [6.45, 7) is 4.76. The molecule has 19 heavy (non-hydrogen) atoms. The summed E-state index contributed by atoms with van der Waals surface area (Å²) < 4.78 is 5.52. The molecule has 2 aliphatic rings. The zero-order valence-electron chi connectivity index (χ0n) is 12.1. The molecule has 0 atom stereocenters. The third kappa shape index (κ3) is 5.31. The number of esters is 1. The first-order valence-corrected chi connectivity index (χ1v) is 7.83. The lowest BCUT2D eigenvalue weighted by Crippen LogP contribution is -3.16. The van der Waals surface area contributed by atoms with Gasteiger partial charge < -0.3 is 22.0 Å². The first-order chi connectivity index (χ1) is 8.79. The third-order valence-corrected chi connectivity index (χ3v) is 4.50. The SMILES string of the molecule is CCCC(=O)OC1CCC([NH+]2CCCCC2)CC1.[Cl-]. The molecule has 1 aliphatic carbocycles. The Kier molecular flexibility index (Phi) is 7.77. The molecule has 0 unspecified atom stereocenters. The maximum atomic E-state index is 11.5. The number of carbonyl (C=O) groups is 1. The molecule has 0 radical (unpaired) electrons. The van der Waals surface area contributed by atoms with Crippen LogP contribution in [0.4, 0.5) is 0 Å². The van der Waals surface area contributed by atoms with E-state index in [-0.39, 0.29) is 24.5 Å². The second-order valence-electron chi connectivity index (χ2n) is 5.93. The van der Waals surface area contributed by atoms with Gasteiger partial charge in [0.2, 0.25) is 0 Å². The smallest absolute Gasteiger partial charge is 0.306 e. The van der Waals surface area contributed by atoms with Gasteiger partial charge in [0.05, 0.1) is 19.1 Å². The average Bonchev–Trinajstić information content (AvgIpc) is 2.41.